The Hall–Kier alpha value is -3.02. The summed E-state index contributed by atoms with van der Waals surface area (Å²) >= 11 is 0. The maximum Gasteiger partial charge on any atom is 0.260 e. The van der Waals surface area contributed by atoms with E-state index in [-0.39, 0.29) is 18.4 Å². The lowest BCUT2D eigenvalue weighted by Crippen LogP contribution is -2.34. The SMILES string of the molecule is Cc1cccc(OCCN(C)C(=O)COc2ccc3c(c2)CCC(=O)N3)c1. The van der Waals surface area contributed by atoms with Crippen LogP contribution < -0.4 is 14.8 Å². The minimum Gasteiger partial charge on any atom is -0.492 e. The first-order chi connectivity index (χ1) is 13.0. The Bertz CT molecular complexity index is 835. The molecule has 0 aromatic heterocycles. The Labute approximate surface area is 159 Å². The Kier molecular flexibility index (Phi) is 5.96. The van der Waals surface area contributed by atoms with Crippen molar-refractivity contribution in [1.29, 1.82) is 0 Å². The molecule has 2 aromatic carbocycles. The second kappa shape index (κ2) is 8.58. The lowest BCUT2D eigenvalue weighted by Gasteiger charge is -2.19. The van der Waals surface area contributed by atoms with Gasteiger partial charge in [-0.25, -0.2) is 0 Å². The third kappa shape index (κ3) is 5.23. The van der Waals surface area contributed by atoms with Crippen molar-refractivity contribution in [2.24, 2.45) is 0 Å². The van der Waals surface area contributed by atoms with Crippen LogP contribution in [0, 0.1) is 6.92 Å². The minimum atomic E-state index is -0.117. The van der Waals surface area contributed by atoms with Crippen LogP contribution in [-0.4, -0.2) is 43.5 Å². The predicted molar refractivity (Wildman–Crippen MR) is 103 cm³/mol. The summed E-state index contributed by atoms with van der Waals surface area (Å²) in [6.07, 6.45) is 1.15. The van der Waals surface area contributed by atoms with Crippen LogP contribution in [-0.2, 0) is 16.0 Å². The highest BCUT2D eigenvalue weighted by Gasteiger charge is 2.16. The van der Waals surface area contributed by atoms with Gasteiger partial charge in [0.25, 0.3) is 5.91 Å². The Morgan fingerprint density at radius 1 is 1.11 bits per heavy atom. The van der Waals surface area contributed by atoms with E-state index in [0.29, 0.717) is 31.7 Å². The van der Waals surface area contributed by atoms with Gasteiger partial charge in [-0.15, -0.1) is 0 Å². The van der Waals surface area contributed by atoms with Crippen LogP contribution in [0.4, 0.5) is 5.69 Å². The molecule has 0 aliphatic carbocycles. The van der Waals surface area contributed by atoms with Crippen LogP contribution in [0.2, 0.25) is 0 Å². The van der Waals surface area contributed by atoms with E-state index in [0.717, 1.165) is 22.6 Å². The number of carbonyl (C=O) groups excluding carboxylic acids is 2. The van der Waals surface area contributed by atoms with Crippen LogP contribution in [0.3, 0.4) is 0 Å². The van der Waals surface area contributed by atoms with Gasteiger partial charge < -0.3 is 19.7 Å². The lowest BCUT2D eigenvalue weighted by molar-refractivity contribution is -0.132. The molecule has 0 bridgehead atoms. The molecule has 142 valence electrons. The smallest absolute Gasteiger partial charge is 0.260 e. The Balaban J connectivity index is 1.44. The zero-order valence-corrected chi connectivity index (χ0v) is 15.7. The fourth-order valence-electron chi connectivity index (χ4n) is 2.84. The summed E-state index contributed by atoms with van der Waals surface area (Å²) in [6, 6.07) is 13.3. The Morgan fingerprint density at radius 3 is 2.74 bits per heavy atom. The lowest BCUT2D eigenvalue weighted by atomic mass is 10.0. The minimum absolute atomic E-state index is 0.0286. The number of nitrogens with one attached hydrogen (secondary N) is 1. The summed E-state index contributed by atoms with van der Waals surface area (Å²) in [6.45, 7) is 2.87. The number of anilines is 1. The third-order valence-electron chi connectivity index (χ3n) is 4.45. The maximum atomic E-state index is 12.2. The number of amides is 2. The van der Waals surface area contributed by atoms with E-state index < -0.39 is 0 Å². The number of aryl methyl sites for hydroxylation is 2. The summed E-state index contributed by atoms with van der Waals surface area (Å²) < 4.78 is 11.3. The van der Waals surface area contributed by atoms with Crippen LogP contribution in [0.25, 0.3) is 0 Å². The van der Waals surface area contributed by atoms with Gasteiger partial charge in [0.05, 0.1) is 6.54 Å². The zero-order chi connectivity index (χ0) is 19.2. The first-order valence-electron chi connectivity index (χ1n) is 9.00. The molecule has 1 aliphatic rings. The van der Waals surface area contributed by atoms with Gasteiger partial charge >= 0.3 is 0 Å². The number of carbonyl (C=O) groups is 2. The average molecular weight is 368 g/mol. The Morgan fingerprint density at radius 2 is 1.93 bits per heavy atom. The van der Waals surface area contributed by atoms with E-state index in [1.54, 1.807) is 18.0 Å². The normalized spacial score (nSPS) is 12.7. The van der Waals surface area contributed by atoms with Gasteiger partial charge in [-0.2, -0.15) is 0 Å². The van der Waals surface area contributed by atoms with Crippen molar-refractivity contribution in [1.82, 2.24) is 4.90 Å². The number of likely N-dealkylation sites (N-methyl/N-ethyl adjacent to an activating group) is 1. The number of fused-ring (bicyclic) bond motifs is 1. The molecule has 1 aliphatic heterocycles. The van der Waals surface area contributed by atoms with Gasteiger partial charge in [0.15, 0.2) is 6.61 Å². The van der Waals surface area contributed by atoms with Gasteiger partial charge in [0.1, 0.15) is 18.1 Å². The summed E-state index contributed by atoms with van der Waals surface area (Å²) in [5.74, 6) is 1.34. The van der Waals surface area contributed by atoms with Crippen molar-refractivity contribution in [3.05, 3.63) is 53.6 Å². The fourth-order valence-corrected chi connectivity index (χ4v) is 2.84. The van der Waals surface area contributed by atoms with Gasteiger partial charge in [-0.3, -0.25) is 9.59 Å². The van der Waals surface area contributed by atoms with Crippen LogP contribution in [0.15, 0.2) is 42.5 Å². The molecule has 1 heterocycles. The molecule has 0 saturated heterocycles. The van der Waals surface area contributed by atoms with E-state index in [1.165, 1.54) is 0 Å². The van der Waals surface area contributed by atoms with Crippen LogP contribution in [0.5, 0.6) is 11.5 Å². The molecular formula is C21H24N2O4. The number of hydrogen-bond acceptors (Lipinski definition) is 4. The van der Waals surface area contributed by atoms with Crippen molar-refractivity contribution in [3.8, 4) is 11.5 Å². The van der Waals surface area contributed by atoms with Crippen molar-refractivity contribution >= 4 is 17.5 Å². The van der Waals surface area contributed by atoms with Gasteiger partial charge in [0.2, 0.25) is 5.91 Å². The fraction of sp³-hybridized carbons (Fsp3) is 0.333. The molecule has 27 heavy (non-hydrogen) atoms. The number of rotatable bonds is 7. The van der Waals surface area contributed by atoms with E-state index in [2.05, 4.69) is 5.32 Å². The molecule has 0 saturated carbocycles. The highest BCUT2D eigenvalue weighted by Crippen LogP contribution is 2.26. The number of hydrogen-bond donors (Lipinski definition) is 1. The third-order valence-corrected chi connectivity index (χ3v) is 4.45. The first kappa shape index (κ1) is 18.8. The van der Waals surface area contributed by atoms with Gasteiger partial charge in [-0.1, -0.05) is 12.1 Å². The quantitative estimate of drug-likeness (QED) is 0.816. The summed E-state index contributed by atoms with van der Waals surface area (Å²) in [4.78, 5) is 25.2. The van der Waals surface area contributed by atoms with Crippen molar-refractivity contribution in [3.63, 3.8) is 0 Å². The molecule has 0 spiro atoms. The van der Waals surface area contributed by atoms with Crippen molar-refractivity contribution in [2.75, 3.05) is 32.1 Å². The van der Waals surface area contributed by atoms with Crippen LogP contribution in [0.1, 0.15) is 17.5 Å². The molecule has 2 amide bonds. The molecule has 0 atom stereocenters. The van der Waals surface area contributed by atoms with Gasteiger partial charge in [0, 0.05) is 19.2 Å². The first-order valence-corrected chi connectivity index (χ1v) is 9.00. The topological polar surface area (TPSA) is 67.9 Å². The maximum absolute atomic E-state index is 12.2. The number of nitrogens with zero attached hydrogens (tertiary/aromatic N) is 1. The molecule has 3 rings (SSSR count). The standard InChI is InChI=1S/C21H24N2O4/c1-15-4-3-5-17(12-15)26-11-10-23(2)21(25)14-27-18-7-8-19-16(13-18)6-9-20(24)22-19/h3-5,7-8,12-13H,6,9-11,14H2,1-2H3,(H,22,24). The molecule has 0 radical (unpaired) electrons. The van der Waals surface area contributed by atoms with Gasteiger partial charge in [-0.05, 0) is 54.8 Å². The number of benzene rings is 2. The van der Waals surface area contributed by atoms with E-state index >= 15 is 0 Å². The highest BCUT2D eigenvalue weighted by atomic mass is 16.5. The molecule has 1 N–H and O–H groups in total. The summed E-state index contributed by atoms with van der Waals surface area (Å²) in [7, 11) is 1.73. The molecule has 6 heteroatoms. The second-order valence-electron chi connectivity index (χ2n) is 6.64. The van der Waals surface area contributed by atoms with E-state index in [1.807, 2.05) is 43.3 Å². The van der Waals surface area contributed by atoms with E-state index in [9.17, 15) is 9.59 Å². The summed E-state index contributed by atoms with van der Waals surface area (Å²) in [5, 5.41) is 2.83. The van der Waals surface area contributed by atoms with Crippen LogP contribution >= 0.6 is 0 Å². The predicted octanol–water partition coefficient (Wildman–Crippen LogP) is 2.80. The van der Waals surface area contributed by atoms with Crippen molar-refractivity contribution < 1.29 is 19.1 Å². The zero-order valence-electron chi connectivity index (χ0n) is 15.7. The average Bonchev–Trinajstić information content (AvgIpc) is 2.66. The molecule has 2 aromatic rings. The second-order valence-corrected chi connectivity index (χ2v) is 6.64. The molecule has 0 unspecified atom stereocenters. The highest BCUT2D eigenvalue weighted by molar-refractivity contribution is 5.94. The molecule has 0 fully saturated rings. The molecule has 6 nitrogen and oxygen atoms in total. The monoisotopic (exact) mass is 368 g/mol. The van der Waals surface area contributed by atoms with Crippen molar-refractivity contribution in [2.45, 2.75) is 19.8 Å². The number of ether oxygens (including phenoxy) is 2. The molecular weight excluding hydrogens is 344 g/mol. The largest absolute Gasteiger partial charge is 0.492 e. The van der Waals surface area contributed by atoms with E-state index in [4.69, 9.17) is 9.47 Å². The summed E-state index contributed by atoms with van der Waals surface area (Å²) in [5.41, 5.74) is 2.98.